The lowest BCUT2D eigenvalue weighted by Gasteiger charge is -2.25. The number of nitro groups is 1. The van der Waals surface area contributed by atoms with Crippen molar-refractivity contribution in [2.24, 2.45) is 0 Å². The monoisotopic (exact) mass is 248 g/mol. The molecule has 96 valence electrons. The first kappa shape index (κ1) is 12.7. The predicted molar refractivity (Wildman–Crippen MR) is 67.5 cm³/mol. The number of rotatable bonds is 4. The van der Waals surface area contributed by atoms with E-state index >= 15 is 0 Å². The maximum Gasteiger partial charge on any atom is 0.272 e. The van der Waals surface area contributed by atoms with Crippen LogP contribution in [0.4, 0.5) is 5.69 Å². The molecule has 0 amide bonds. The van der Waals surface area contributed by atoms with E-state index in [1.807, 2.05) is 6.07 Å². The fourth-order valence-electron chi connectivity index (χ4n) is 2.28. The molecular weight excluding hydrogens is 232 g/mol. The van der Waals surface area contributed by atoms with Crippen LogP contribution in [-0.2, 0) is 11.2 Å². The van der Waals surface area contributed by atoms with Gasteiger partial charge >= 0.3 is 0 Å². The summed E-state index contributed by atoms with van der Waals surface area (Å²) in [4.78, 5) is 23.9. The number of nitrogens with zero attached hydrogens (tertiary/aromatic N) is 2. The van der Waals surface area contributed by atoms with Crippen LogP contribution in [0.5, 0.6) is 0 Å². The lowest BCUT2D eigenvalue weighted by Crippen LogP contribution is -2.36. The summed E-state index contributed by atoms with van der Waals surface area (Å²) in [6.45, 7) is 2.10. The number of para-hydroxylation sites is 1. The van der Waals surface area contributed by atoms with Crippen LogP contribution < -0.4 is 0 Å². The van der Waals surface area contributed by atoms with Gasteiger partial charge < -0.3 is 0 Å². The third-order valence-electron chi connectivity index (χ3n) is 3.22. The van der Waals surface area contributed by atoms with E-state index in [9.17, 15) is 14.9 Å². The zero-order chi connectivity index (χ0) is 13.0. The summed E-state index contributed by atoms with van der Waals surface area (Å²) in [5.41, 5.74) is 0.904. The number of hydrogen-bond donors (Lipinski definition) is 0. The van der Waals surface area contributed by atoms with Crippen molar-refractivity contribution in [3.8, 4) is 0 Å². The van der Waals surface area contributed by atoms with Crippen LogP contribution in [-0.4, -0.2) is 35.2 Å². The molecule has 0 aliphatic carbocycles. The van der Waals surface area contributed by atoms with E-state index in [1.54, 1.807) is 12.1 Å². The normalized spacial score (nSPS) is 16.8. The second-order valence-electron chi connectivity index (χ2n) is 4.55. The molecule has 1 aromatic carbocycles. The SMILES string of the molecule is O=C1CCCN(CCc2ccccc2[N+](=O)[O-])C1. The summed E-state index contributed by atoms with van der Waals surface area (Å²) in [5, 5.41) is 10.9. The van der Waals surface area contributed by atoms with Gasteiger partial charge in [-0.3, -0.25) is 19.8 Å². The van der Waals surface area contributed by atoms with E-state index in [4.69, 9.17) is 0 Å². The van der Waals surface area contributed by atoms with Crippen molar-refractivity contribution < 1.29 is 9.72 Å². The van der Waals surface area contributed by atoms with Crippen LogP contribution >= 0.6 is 0 Å². The molecule has 1 aromatic rings. The van der Waals surface area contributed by atoms with Crippen molar-refractivity contribution in [3.05, 3.63) is 39.9 Å². The molecule has 0 atom stereocenters. The third kappa shape index (κ3) is 3.13. The van der Waals surface area contributed by atoms with E-state index in [0.717, 1.165) is 18.5 Å². The number of nitro benzene ring substituents is 1. The van der Waals surface area contributed by atoms with Gasteiger partial charge in [0.15, 0.2) is 0 Å². The quantitative estimate of drug-likeness (QED) is 0.602. The number of carbonyl (C=O) groups is 1. The lowest BCUT2D eigenvalue weighted by atomic mass is 10.1. The molecule has 5 heteroatoms. The van der Waals surface area contributed by atoms with Crippen LogP contribution in [0.15, 0.2) is 24.3 Å². The zero-order valence-electron chi connectivity index (χ0n) is 10.2. The molecule has 0 saturated carbocycles. The summed E-state index contributed by atoms with van der Waals surface area (Å²) < 4.78 is 0. The largest absolute Gasteiger partial charge is 0.298 e. The van der Waals surface area contributed by atoms with Crippen molar-refractivity contribution >= 4 is 11.5 Å². The fourth-order valence-corrected chi connectivity index (χ4v) is 2.28. The van der Waals surface area contributed by atoms with Gasteiger partial charge in [0, 0.05) is 24.6 Å². The number of piperidine rings is 1. The number of ketones is 1. The molecule has 18 heavy (non-hydrogen) atoms. The highest BCUT2D eigenvalue weighted by atomic mass is 16.6. The van der Waals surface area contributed by atoms with E-state index in [0.29, 0.717) is 25.9 Å². The maximum atomic E-state index is 11.3. The lowest BCUT2D eigenvalue weighted by molar-refractivity contribution is -0.385. The number of hydrogen-bond acceptors (Lipinski definition) is 4. The van der Waals surface area contributed by atoms with Gasteiger partial charge in [0.2, 0.25) is 0 Å². The average molecular weight is 248 g/mol. The first-order valence-corrected chi connectivity index (χ1v) is 6.13. The summed E-state index contributed by atoms with van der Waals surface area (Å²) in [7, 11) is 0. The van der Waals surface area contributed by atoms with E-state index in [2.05, 4.69) is 4.90 Å². The van der Waals surface area contributed by atoms with Gasteiger partial charge in [0.1, 0.15) is 5.78 Å². The van der Waals surface area contributed by atoms with Crippen molar-refractivity contribution in [1.29, 1.82) is 0 Å². The molecule has 5 nitrogen and oxygen atoms in total. The topological polar surface area (TPSA) is 63.5 Å². The fraction of sp³-hybridized carbons (Fsp3) is 0.462. The number of likely N-dealkylation sites (tertiary alicyclic amines) is 1. The summed E-state index contributed by atoms with van der Waals surface area (Å²) in [6, 6.07) is 6.79. The Morgan fingerprint density at radius 3 is 2.83 bits per heavy atom. The molecule has 0 N–H and O–H groups in total. The Bertz CT molecular complexity index is 459. The van der Waals surface area contributed by atoms with Gasteiger partial charge in [-0.1, -0.05) is 18.2 Å². The standard InChI is InChI=1S/C13H16N2O3/c16-12-5-3-8-14(10-12)9-7-11-4-1-2-6-13(11)15(17)18/h1-2,4,6H,3,5,7-10H2. The number of Topliss-reactive ketones (excluding diaryl/α,β-unsaturated/α-hetero) is 1. The first-order valence-electron chi connectivity index (χ1n) is 6.13. The highest BCUT2D eigenvalue weighted by Crippen LogP contribution is 2.18. The Morgan fingerprint density at radius 1 is 1.33 bits per heavy atom. The highest BCUT2D eigenvalue weighted by molar-refractivity contribution is 5.81. The maximum absolute atomic E-state index is 11.3. The Morgan fingerprint density at radius 2 is 2.11 bits per heavy atom. The molecule has 0 unspecified atom stereocenters. The molecule has 0 bridgehead atoms. The zero-order valence-corrected chi connectivity index (χ0v) is 10.2. The molecule has 0 radical (unpaired) electrons. The minimum atomic E-state index is -0.351. The summed E-state index contributed by atoms with van der Waals surface area (Å²) >= 11 is 0. The number of carbonyl (C=O) groups excluding carboxylic acids is 1. The molecule has 0 aromatic heterocycles. The predicted octanol–water partition coefficient (Wildman–Crippen LogP) is 1.80. The summed E-state index contributed by atoms with van der Waals surface area (Å²) in [5.74, 6) is 0.267. The Balaban J connectivity index is 1.97. The van der Waals surface area contributed by atoms with Gasteiger partial charge in [-0.25, -0.2) is 0 Å². The Labute approximate surface area is 106 Å². The van der Waals surface area contributed by atoms with Crippen LogP contribution in [0.1, 0.15) is 18.4 Å². The molecule has 2 rings (SSSR count). The molecule has 1 saturated heterocycles. The average Bonchev–Trinajstić information content (AvgIpc) is 2.37. The number of benzene rings is 1. The molecular formula is C13H16N2O3. The Hall–Kier alpha value is -1.75. The second kappa shape index (κ2) is 5.73. The van der Waals surface area contributed by atoms with Gasteiger partial charge in [-0.15, -0.1) is 0 Å². The van der Waals surface area contributed by atoms with Gasteiger partial charge in [0.25, 0.3) is 5.69 Å². The molecule has 1 aliphatic heterocycles. The highest BCUT2D eigenvalue weighted by Gasteiger charge is 2.18. The van der Waals surface area contributed by atoms with Crippen LogP contribution in [0.3, 0.4) is 0 Å². The van der Waals surface area contributed by atoms with E-state index < -0.39 is 0 Å². The molecule has 1 heterocycles. The van der Waals surface area contributed by atoms with Gasteiger partial charge in [-0.2, -0.15) is 0 Å². The van der Waals surface area contributed by atoms with Crippen LogP contribution in [0.2, 0.25) is 0 Å². The van der Waals surface area contributed by atoms with Crippen molar-refractivity contribution in [1.82, 2.24) is 4.90 Å². The second-order valence-corrected chi connectivity index (χ2v) is 4.55. The van der Waals surface area contributed by atoms with Crippen LogP contribution in [0.25, 0.3) is 0 Å². The van der Waals surface area contributed by atoms with Gasteiger partial charge in [0.05, 0.1) is 11.5 Å². The van der Waals surface area contributed by atoms with Crippen molar-refractivity contribution in [2.75, 3.05) is 19.6 Å². The van der Waals surface area contributed by atoms with Crippen molar-refractivity contribution in [2.45, 2.75) is 19.3 Å². The molecule has 1 aliphatic rings. The van der Waals surface area contributed by atoms with Gasteiger partial charge in [-0.05, 0) is 19.4 Å². The van der Waals surface area contributed by atoms with Crippen LogP contribution in [0, 0.1) is 10.1 Å². The van der Waals surface area contributed by atoms with E-state index in [-0.39, 0.29) is 16.4 Å². The van der Waals surface area contributed by atoms with Crippen molar-refractivity contribution in [3.63, 3.8) is 0 Å². The molecule has 1 fully saturated rings. The third-order valence-corrected chi connectivity index (χ3v) is 3.22. The molecule has 0 spiro atoms. The Kier molecular flexibility index (Phi) is 4.04. The minimum absolute atomic E-state index is 0.167. The van der Waals surface area contributed by atoms with E-state index in [1.165, 1.54) is 6.07 Å². The minimum Gasteiger partial charge on any atom is -0.298 e. The smallest absolute Gasteiger partial charge is 0.272 e. The summed E-state index contributed by atoms with van der Waals surface area (Å²) in [6.07, 6.45) is 2.18. The first-order chi connectivity index (χ1) is 8.66.